The Bertz CT molecular complexity index is 901. The van der Waals surface area contributed by atoms with Crippen molar-refractivity contribution >= 4 is 52.0 Å². The van der Waals surface area contributed by atoms with E-state index in [1.807, 2.05) is 6.92 Å². The molecular formula is C14H11BCl2N2O3S. The minimum absolute atomic E-state index is 0.0443. The van der Waals surface area contributed by atoms with E-state index >= 15 is 0 Å². The number of aryl methyl sites for hydroxylation is 1. The van der Waals surface area contributed by atoms with Crippen LogP contribution in [-0.2, 0) is 10.0 Å². The van der Waals surface area contributed by atoms with E-state index in [4.69, 9.17) is 23.2 Å². The largest absolute Gasteiger partial charge is 0.484 e. The van der Waals surface area contributed by atoms with Crippen LogP contribution < -0.4 is 5.46 Å². The first-order valence-corrected chi connectivity index (χ1v) is 8.82. The first-order valence-electron chi connectivity index (χ1n) is 6.63. The van der Waals surface area contributed by atoms with Gasteiger partial charge in [-0.1, -0.05) is 40.9 Å². The highest BCUT2D eigenvalue weighted by molar-refractivity contribution is 7.90. The van der Waals surface area contributed by atoms with Crippen molar-refractivity contribution in [2.75, 3.05) is 0 Å². The number of hydrogen-bond donors (Lipinski definition) is 1. The maximum Gasteiger partial charge on any atom is 0.484 e. The quantitative estimate of drug-likeness (QED) is 0.824. The number of hydrogen-bond acceptors (Lipinski definition) is 4. The molecular weight excluding hydrogens is 358 g/mol. The van der Waals surface area contributed by atoms with Crippen LogP contribution in [0.15, 0.2) is 46.4 Å². The van der Waals surface area contributed by atoms with Crippen LogP contribution in [0.4, 0.5) is 0 Å². The lowest BCUT2D eigenvalue weighted by Gasteiger charge is -2.26. The minimum Gasteiger partial charge on any atom is -0.427 e. The fourth-order valence-electron chi connectivity index (χ4n) is 2.23. The molecule has 23 heavy (non-hydrogen) atoms. The van der Waals surface area contributed by atoms with Gasteiger partial charge in [-0.3, -0.25) is 0 Å². The maximum absolute atomic E-state index is 12.7. The molecule has 0 fully saturated rings. The number of nitrogens with zero attached hydrogens (tertiary/aromatic N) is 2. The first-order chi connectivity index (χ1) is 10.8. The van der Waals surface area contributed by atoms with E-state index in [1.165, 1.54) is 30.5 Å². The highest BCUT2D eigenvalue weighted by Crippen LogP contribution is 2.25. The van der Waals surface area contributed by atoms with Gasteiger partial charge in [0.2, 0.25) is 0 Å². The van der Waals surface area contributed by atoms with Gasteiger partial charge in [0.05, 0.1) is 21.2 Å². The Morgan fingerprint density at radius 2 is 1.74 bits per heavy atom. The van der Waals surface area contributed by atoms with Crippen LogP contribution in [0.25, 0.3) is 0 Å². The van der Waals surface area contributed by atoms with Crippen LogP contribution in [-0.4, -0.2) is 31.0 Å². The van der Waals surface area contributed by atoms with E-state index < -0.39 is 17.1 Å². The molecule has 0 aliphatic carbocycles. The van der Waals surface area contributed by atoms with Gasteiger partial charge in [-0.05, 0) is 42.2 Å². The summed E-state index contributed by atoms with van der Waals surface area (Å²) >= 11 is 11.9. The molecule has 0 saturated carbocycles. The van der Waals surface area contributed by atoms with Crippen LogP contribution in [0.5, 0.6) is 0 Å². The first kappa shape index (κ1) is 16.3. The fraction of sp³-hybridized carbons (Fsp3) is 0.0714. The molecule has 1 heterocycles. The molecule has 9 heteroatoms. The van der Waals surface area contributed by atoms with Crippen LogP contribution in [0, 0.1) is 6.92 Å². The summed E-state index contributed by atoms with van der Waals surface area (Å²) in [4.78, 5) is 0.0443. The molecule has 118 valence electrons. The summed E-state index contributed by atoms with van der Waals surface area (Å²) in [6.45, 7) is 1.85. The summed E-state index contributed by atoms with van der Waals surface area (Å²) in [5.74, 6) is 0. The van der Waals surface area contributed by atoms with Gasteiger partial charge in [0.25, 0.3) is 10.0 Å². The second kappa shape index (κ2) is 5.83. The van der Waals surface area contributed by atoms with Gasteiger partial charge in [0, 0.05) is 0 Å². The number of halogens is 2. The molecule has 2 aromatic rings. The molecule has 0 bridgehead atoms. The molecule has 0 aromatic heterocycles. The molecule has 1 N–H and O–H groups in total. The minimum atomic E-state index is -3.98. The lowest BCUT2D eigenvalue weighted by Crippen LogP contribution is -2.52. The molecule has 0 unspecified atom stereocenters. The zero-order valence-corrected chi connectivity index (χ0v) is 14.3. The van der Waals surface area contributed by atoms with Crippen LogP contribution in [0.3, 0.4) is 0 Å². The maximum atomic E-state index is 12.7. The summed E-state index contributed by atoms with van der Waals surface area (Å²) in [5.41, 5.74) is 1.77. The van der Waals surface area contributed by atoms with Crippen molar-refractivity contribution in [2.24, 2.45) is 5.10 Å². The van der Waals surface area contributed by atoms with Crippen molar-refractivity contribution in [3.8, 4) is 0 Å². The van der Waals surface area contributed by atoms with E-state index in [-0.39, 0.29) is 9.92 Å². The molecule has 1 aliphatic rings. The predicted molar refractivity (Wildman–Crippen MR) is 91.9 cm³/mol. The van der Waals surface area contributed by atoms with Gasteiger partial charge in [0.15, 0.2) is 0 Å². The third kappa shape index (κ3) is 2.85. The van der Waals surface area contributed by atoms with Crippen molar-refractivity contribution in [3.05, 3.63) is 57.6 Å². The van der Waals surface area contributed by atoms with Crippen molar-refractivity contribution in [1.82, 2.24) is 4.33 Å². The third-order valence-corrected chi connectivity index (χ3v) is 5.87. The Labute approximate surface area is 144 Å². The molecule has 0 amide bonds. The van der Waals surface area contributed by atoms with Crippen molar-refractivity contribution < 1.29 is 13.4 Å². The van der Waals surface area contributed by atoms with Gasteiger partial charge in [-0.25, -0.2) is 8.42 Å². The van der Waals surface area contributed by atoms with Gasteiger partial charge in [-0.2, -0.15) is 9.43 Å². The Morgan fingerprint density at radius 1 is 1.13 bits per heavy atom. The Morgan fingerprint density at radius 3 is 2.39 bits per heavy atom. The number of rotatable bonds is 2. The average molecular weight is 369 g/mol. The zero-order valence-electron chi connectivity index (χ0n) is 11.9. The zero-order chi connectivity index (χ0) is 16.8. The number of benzene rings is 2. The SMILES string of the molecule is Cc1ccc(S(=O)(=O)N2N=Cc3cc(Cl)c(Cl)cc3B2O)cc1. The van der Waals surface area contributed by atoms with E-state index in [0.29, 0.717) is 20.4 Å². The third-order valence-electron chi connectivity index (χ3n) is 3.49. The lowest BCUT2D eigenvalue weighted by molar-refractivity contribution is 0.476. The second-order valence-corrected chi connectivity index (χ2v) is 7.71. The number of fused-ring (bicyclic) bond motifs is 1. The molecule has 5 nitrogen and oxygen atoms in total. The highest BCUT2D eigenvalue weighted by Gasteiger charge is 2.38. The molecule has 0 atom stereocenters. The fourth-order valence-corrected chi connectivity index (χ4v) is 3.81. The van der Waals surface area contributed by atoms with E-state index in [2.05, 4.69) is 5.10 Å². The molecule has 2 aromatic carbocycles. The molecule has 0 radical (unpaired) electrons. The molecule has 1 aliphatic heterocycles. The van der Waals surface area contributed by atoms with E-state index in [1.54, 1.807) is 12.1 Å². The smallest absolute Gasteiger partial charge is 0.427 e. The van der Waals surface area contributed by atoms with Gasteiger partial charge < -0.3 is 5.02 Å². The summed E-state index contributed by atoms with van der Waals surface area (Å²) in [7, 11) is -5.46. The van der Waals surface area contributed by atoms with Gasteiger partial charge in [-0.15, -0.1) is 0 Å². The second-order valence-electron chi connectivity index (χ2n) is 5.10. The summed E-state index contributed by atoms with van der Waals surface area (Å²) in [6, 6.07) is 9.26. The Hall–Kier alpha value is -1.54. The van der Waals surface area contributed by atoms with E-state index in [9.17, 15) is 13.4 Å². The molecule has 0 saturated heterocycles. The van der Waals surface area contributed by atoms with Crippen molar-refractivity contribution in [3.63, 3.8) is 0 Å². The monoisotopic (exact) mass is 368 g/mol. The van der Waals surface area contributed by atoms with Crippen LogP contribution in [0.1, 0.15) is 11.1 Å². The lowest BCUT2D eigenvalue weighted by atomic mass is 9.72. The van der Waals surface area contributed by atoms with Crippen LogP contribution in [0.2, 0.25) is 10.0 Å². The summed E-state index contributed by atoms with van der Waals surface area (Å²) in [5, 5.41) is 14.8. The predicted octanol–water partition coefficient (Wildman–Crippen LogP) is 2.03. The topological polar surface area (TPSA) is 70.0 Å². The highest BCUT2D eigenvalue weighted by atomic mass is 35.5. The van der Waals surface area contributed by atoms with Crippen LogP contribution >= 0.6 is 23.2 Å². The molecule has 3 rings (SSSR count). The van der Waals surface area contributed by atoms with Crippen molar-refractivity contribution in [2.45, 2.75) is 11.8 Å². The van der Waals surface area contributed by atoms with E-state index in [0.717, 1.165) is 5.56 Å². The number of sulfonamides is 1. The Kier molecular flexibility index (Phi) is 4.14. The number of hydrazone groups is 1. The van der Waals surface area contributed by atoms with Gasteiger partial charge in [0.1, 0.15) is 0 Å². The Balaban J connectivity index is 2.05. The summed E-state index contributed by atoms with van der Waals surface area (Å²) < 4.78 is 26.0. The average Bonchev–Trinajstić information content (AvgIpc) is 2.50. The van der Waals surface area contributed by atoms with Crippen molar-refractivity contribution in [1.29, 1.82) is 0 Å². The molecule has 0 spiro atoms. The standard InChI is InChI=1S/C14H11BCl2N2O3S/c1-9-2-4-11(5-3-9)23(21,22)19-15(20)12-7-14(17)13(16)6-10(12)8-18-19/h2-8,20H,1H3. The van der Waals surface area contributed by atoms with Gasteiger partial charge >= 0.3 is 7.05 Å². The summed E-state index contributed by atoms with van der Waals surface area (Å²) in [6.07, 6.45) is 1.33. The normalized spacial score (nSPS) is 14.1.